The molecule has 1 aromatic rings. The second kappa shape index (κ2) is 6.38. The number of hydrogen-bond acceptors (Lipinski definition) is 2. The second-order valence-corrected chi connectivity index (χ2v) is 3.21. The SMILES string of the molecule is C/C=C/CCNCc1cncn1CC. The lowest BCUT2D eigenvalue weighted by molar-refractivity contribution is 0.632. The summed E-state index contributed by atoms with van der Waals surface area (Å²) in [5.74, 6) is 0. The normalized spacial score (nSPS) is 11.3. The average molecular weight is 193 g/mol. The lowest BCUT2D eigenvalue weighted by Gasteiger charge is -2.05. The van der Waals surface area contributed by atoms with E-state index in [2.05, 4.69) is 33.9 Å². The molecule has 14 heavy (non-hydrogen) atoms. The highest BCUT2D eigenvalue weighted by atomic mass is 15.1. The van der Waals surface area contributed by atoms with Crippen LogP contribution in [-0.2, 0) is 13.1 Å². The number of nitrogens with one attached hydrogen (secondary N) is 1. The fourth-order valence-electron chi connectivity index (χ4n) is 1.35. The van der Waals surface area contributed by atoms with Gasteiger partial charge in [0, 0.05) is 19.3 Å². The first-order valence-corrected chi connectivity index (χ1v) is 5.19. The number of imidazole rings is 1. The van der Waals surface area contributed by atoms with E-state index in [1.807, 2.05) is 19.4 Å². The smallest absolute Gasteiger partial charge is 0.0948 e. The Kier molecular flexibility index (Phi) is 5.00. The topological polar surface area (TPSA) is 29.9 Å². The Morgan fingerprint density at radius 1 is 1.57 bits per heavy atom. The molecule has 0 radical (unpaired) electrons. The Morgan fingerprint density at radius 3 is 3.14 bits per heavy atom. The van der Waals surface area contributed by atoms with Gasteiger partial charge in [0.15, 0.2) is 0 Å². The molecule has 1 N–H and O–H groups in total. The van der Waals surface area contributed by atoms with E-state index in [9.17, 15) is 0 Å². The van der Waals surface area contributed by atoms with Gasteiger partial charge in [-0.15, -0.1) is 0 Å². The van der Waals surface area contributed by atoms with E-state index in [4.69, 9.17) is 0 Å². The number of aryl methyl sites for hydroxylation is 1. The summed E-state index contributed by atoms with van der Waals surface area (Å²) in [6.07, 6.45) is 9.15. The number of rotatable bonds is 6. The molecule has 1 aromatic heterocycles. The highest BCUT2D eigenvalue weighted by molar-refractivity contribution is 4.97. The number of nitrogens with zero attached hydrogens (tertiary/aromatic N) is 2. The van der Waals surface area contributed by atoms with E-state index in [-0.39, 0.29) is 0 Å². The van der Waals surface area contributed by atoms with Gasteiger partial charge in [-0.3, -0.25) is 0 Å². The van der Waals surface area contributed by atoms with Crippen LogP contribution in [0.15, 0.2) is 24.7 Å². The van der Waals surface area contributed by atoms with Crippen LogP contribution in [-0.4, -0.2) is 16.1 Å². The summed E-state index contributed by atoms with van der Waals surface area (Å²) < 4.78 is 2.16. The molecule has 0 bridgehead atoms. The molecule has 0 aromatic carbocycles. The molecule has 3 nitrogen and oxygen atoms in total. The highest BCUT2D eigenvalue weighted by Crippen LogP contribution is 1.98. The maximum absolute atomic E-state index is 4.12. The van der Waals surface area contributed by atoms with E-state index in [0.29, 0.717) is 0 Å². The fraction of sp³-hybridized carbons (Fsp3) is 0.545. The van der Waals surface area contributed by atoms with Crippen molar-refractivity contribution in [2.45, 2.75) is 33.4 Å². The van der Waals surface area contributed by atoms with Gasteiger partial charge in [-0.1, -0.05) is 12.2 Å². The molecule has 78 valence electrons. The Balaban J connectivity index is 2.24. The summed E-state index contributed by atoms with van der Waals surface area (Å²) in [5, 5.41) is 3.39. The fourth-order valence-corrected chi connectivity index (χ4v) is 1.35. The van der Waals surface area contributed by atoms with Crippen molar-refractivity contribution in [2.75, 3.05) is 6.54 Å². The molecule has 3 heteroatoms. The Labute approximate surface area is 85.8 Å². The predicted molar refractivity (Wildman–Crippen MR) is 59.0 cm³/mol. The maximum atomic E-state index is 4.12. The molecular formula is C11H19N3. The molecule has 0 unspecified atom stereocenters. The van der Waals surface area contributed by atoms with Crippen molar-refractivity contribution in [2.24, 2.45) is 0 Å². The molecule has 0 saturated carbocycles. The minimum atomic E-state index is 0.908. The highest BCUT2D eigenvalue weighted by Gasteiger charge is 1.97. The zero-order valence-electron chi connectivity index (χ0n) is 9.03. The zero-order valence-corrected chi connectivity index (χ0v) is 9.03. The summed E-state index contributed by atoms with van der Waals surface area (Å²) in [7, 11) is 0. The van der Waals surface area contributed by atoms with E-state index in [0.717, 1.165) is 26.1 Å². The number of hydrogen-bond donors (Lipinski definition) is 1. The first-order valence-electron chi connectivity index (χ1n) is 5.19. The molecule has 0 atom stereocenters. The summed E-state index contributed by atoms with van der Waals surface area (Å²) in [6, 6.07) is 0. The van der Waals surface area contributed by atoms with Gasteiger partial charge in [0.1, 0.15) is 0 Å². The maximum Gasteiger partial charge on any atom is 0.0948 e. The van der Waals surface area contributed by atoms with Crippen molar-refractivity contribution in [3.63, 3.8) is 0 Å². The molecule has 1 rings (SSSR count). The van der Waals surface area contributed by atoms with Gasteiger partial charge in [-0.05, 0) is 26.8 Å². The van der Waals surface area contributed by atoms with Crippen LogP contribution in [0.5, 0.6) is 0 Å². The van der Waals surface area contributed by atoms with Crippen LogP contribution < -0.4 is 5.32 Å². The van der Waals surface area contributed by atoms with Crippen molar-refractivity contribution >= 4 is 0 Å². The lowest BCUT2D eigenvalue weighted by atomic mass is 10.3. The van der Waals surface area contributed by atoms with Crippen LogP contribution in [0.2, 0.25) is 0 Å². The third kappa shape index (κ3) is 3.34. The van der Waals surface area contributed by atoms with Crippen molar-refractivity contribution in [3.8, 4) is 0 Å². The van der Waals surface area contributed by atoms with Crippen molar-refractivity contribution < 1.29 is 0 Å². The third-order valence-electron chi connectivity index (χ3n) is 2.17. The third-order valence-corrected chi connectivity index (χ3v) is 2.17. The quantitative estimate of drug-likeness (QED) is 0.553. The Bertz CT molecular complexity index is 276. The molecule has 1 heterocycles. The summed E-state index contributed by atoms with van der Waals surface area (Å²) in [6.45, 7) is 7.10. The van der Waals surface area contributed by atoms with Gasteiger partial charge in [-0.25, -0.2) is 4.98 Å². The lowest BCUT2D eigenvalue weighted by Crippen LogP contribution is -2.16. The first kappa shape index (κ1) is 11.0. The van der Waals surface area contributed by atoms with Gasteiger partial charge >= 0.3 is 0 Å². The minimum Gasteiger partial charge on any atom is -0.334 e. The number of allylic oxidation sites excluding steroid dienone is 1. The molecule has 0 aliphatic rings. The molecule has 0 fully saturated rings. The van der Waals surface area contributed by atoms with E-state index in [1.54, 1.807) is 0 Å². The second-order valence-electron chi connectivity index (χ2n) is 3.21. The standard InChI is InChI=1S/C11H19N3/c1-3-5-6-7-12-8-11-9-13-10-14(11)4-2/h3,5,9-10,12H,4,6-8H2,1-2H3/b5-3+. The average Bonchev–Trinajstić information content (AvgIpc) is 2.65. The molecule has 0 aliphatic carbocycles. The first-order chi connectivity index (χ1) is 6.88. The monoisotopic (exact) mass is 193 g/mol. The molecule has 0 amide bonds. The van der Waals surface area contributed by atoms with Crippen molar-refractivity contribution in [1.29, 1.82) is 0 Å². The van der Waals surface area contributed by atoms with Crippen LogP contribution in [0.4, 0.5) is 0 Å². The Hall–Kier alpha value is -1.09. The van der Waals surface area contributed by atoms with Crippen LogP contribution in [0.3, 0.4) is 0 Å². The van der Waals surface area contributed by atoms with Crippen LogP contribution in [0.25, 0.3) is 0 Å². The van der Waals surface area contributed by atoms with Crippen LogP contribution >= 0.6 is 0 Å². The summed E-state index contributed by atoms with van der Waals surface area (Å²) in [4.78, 5) is 4.12. The van der Waals surface area contributed by atoms with E-state index < -0.39 is 0 Å². The van der Waals surface area contributed by atoms with Gasteiger partial charge < -0.3 is 9.88 Å². The minimum absolute atomic E-state index is 0.908. The van der Waals surface area contributed by atoms with Crippen LogP contribution in [0, 0.1) is 0 Å². The molecule has 0 spiro atoms. The van der Waals surface area contributed by atoms with Gasteiger partial charge in [0.25, 0.3) is 0 Å². The van der Waals surface area contributed by atoms with E-state index in [1.165, 1.54) is 5.69 Å². The van der Waals surface area contributed by atoms with Gasteiger partial charge in [-0.2, -0.15) is 0 Å². The van der Waals surface area contributed by atoms with E-state index >= 15 is 0 Å². The van der Waals surface area contributed by atoms with Gasteiger partial charge in [0.05, 0.1) is 12.0 Å². The summed E-state index contributed by atoms with van der Waals surface area (Å²) in [5.41, 5.74) is 1.26. The molecule has 0 saturated heterocycles. The largest absolute Gasteiger partial charge is 0.334 e. The van der Waals surface area contributed by atoms with Gasteiger partial charge in [0.2, 0.25) is 0 Å². The van der Waals surface area contributed by atoms with Crippen molar-refractivity contribution in [3.05, 3.63) is 30.4 Å². The number of aromatic nitrogens is 2. The zero-order chi connectivity index (χ0) is 10.2. The predicted octanol–water partition coefficient (Wildman–Crippen LogP) is 1.96. The van der Waals surface area contributed by atoms with Crippen molar-refractivity contribution in [1.82, 2.24) is 14.9 Å². The molecular weight excluding hydrogens is 174 g/mol. The Morgan fingerprint density at radius 2 is 2.43 bits per heavy atom. The summed E-state index contributed by atoms with van der Waals surface area (Å²) >= 11 is 0. The van der Waals surface area contributed by atoms with Crippen LogP contribution in [0.1, 0.15) is 26.0 Å². The molecule has 0 aliphatic heterocycles.